The van der Waals surface area contributed by atoms with Gasteiger partial charge in [0.1, 0.15) is 0 Å². The van der Waals surface area contributed by atoms with Crippen molar-refractivity contribution in [2.24, 2.45) is 0 Å². The molecule has 2 aromatic rings. The zero-order valence-corrected chi connectivity index (χ0v) is 15.8. The molecule has 0 saturated heterocycles. The maximum Gasteiger partial charge on any atom is 0.262 e. The molecule has 0 unspecified atom stereocenters. The molecule has 6 heteroatoms. The van der Waals surface area contributed by atoms with Crippen molar-refractivity contribution in [2.75, 3.05) is 6.54 Å². The molecule has 132 valence electrons. The summed E-state index contributed by atoms with van der Waals surface area (Å²) in [5.74, 6) is -0.309. The van der Waals surface area contributed by atoms with E-state index < -0.39 is 9.96 Å². The molecule has 1 atom stereocenters. The van der Waals surface area contributed by atoms with Crippen molar-refractivity contribution in [1.29, 1.82) is 0 Å². The summed E-state index contributed by atoms with van der Waals surface area (Å²) >= 11 is 18.0. The molecule has 3 N–H and O–H groups in total. The molecule has 0 aliphatic heterocycles. The van der Waals surface area contributed by atoms with Crippen LogP contribution in [-0.2, 0) is 11.2 Å². The average molecular weight is 399 g/mol. The van der Waals surface area contributed by atoms with Crippen LogP contribution in [0.3, 0.4) is 0 Å². The van der Waals surface area contributed by atoms with Crippen molar-refractivity contribution in [2.45, 2.75) is 16.4 Å². The SMILES string of the molecule is O=C(/C=C/c1ccccc1)N[C@H]([NH2+]CCc1ccccc1)C(Cl)(Cl)Cl. The van der Waals surface area contributed by atoms with Crippen LogP contribution in [0.4, 0.5) is 0 Å². The van der Waals surface area contributed by atoms with Gasteiger partial charge in [0.25, 0.3) is 3.79 Å². The first-order chi connectivity index (χ1) is 11.9. The topological polar surface area (TPSA) is 45.7 Å². The first-order valence-electron chi connectivity index (χ1n) is 7.93. The van der Waals surface area contributed by atoms with E-state index in [4.69, 9.17) is 34.8 Å². The summed E-state index contributed by atoms with van der Waals surface area (Å²) in [5, 5.41) is 4.56. The fourth-order valence-corrected chi connectivity index (χ4v) is 2.70. The normalized spacial score (nSPS) is 12.9. The second-order valence-corrected chi connectivity index (χ2v) is 7.90. The van der Waals surface area contributed by atoms with Crippen LogP contribution in [0, 0.1) is 0 Å². The first-order valence-corrected chi connectivity index (χ1v) is 9.06. The molecule has 3 nitrogen and oxygen atoms in total. The van der Waals surface area contributed by atoms with Crippen LogP contribution in [0.15, 0.2) is 66.7 Å². The summed E-state index contributed by atoms with van der Waals surface area (Å²) in [6, 6.07) is 19.5. The summed E-state index contributed by atoms with van der Waals surface area (Å²) < 4.78 is -1.60. The van der Waals surface area contributed by atoms with Crippen LogP contribution >= 0.6 is 34.8 Å². The summed E-state index contributed by atoms with van der Waals surface area (Å²) in [4.78, 5) is 12.1. The minimum atomic E-state index is -1.60. The fraction of sp³-hybridized carbons (Fsp3) is 0.211. The standard InChI is InChI=1S/C19H19Cl3N2O/c20-19(21,22)18(23-14-13-16-9-5-2-6-10-16)24-17(25)12-11-15-7-3-1-4-8-15/h1-12,18,23H,13-14H2,(H,24,25)/p+1/b12-11+/t18-/m0/s1. The van der Waals surface area contributed by atoms with Gasteiger partial charge in [0.15, 0.2) is 0 Å². The molecule has 2 aromatic carbocycles. The highest BCUT2D eigenvalue weighted by molar-refractivity contribution is 6.68. The number of hydrogen-bond acceptors (Lipinski definition) is 1. The number of halogens is 3. The lowest BCUT2D eigenvalue weighted by molar-refractivity contribution is -0.691. The Morgan fingerprint density at radius 1 is 1.04 bits per heavy atom. The molecule has 0 fully saturated rings. The van der Waals surface area contributed by atoms with Gasteiger partial charge >= 0.3 is 0 Å². The number of alkyl halides is 3. The van der Waals surface area contributed by atoms with Gasteiger partial charge in [-0.15, -0.1) is 0 Å². The number of carbonyl (C=O) groups excluding carboxylic acids is 1. The molecule has 0 spiro atoms. The van der Waals surface area contributed by atoms with Crippen molar-refractivity contribution in [3.63, 3.8) is 0 Å². The van der Waals surface area contributed by atoms with Crippen LogP contribution in [-0.4, -0.2) is 22.4 Å². The Balaban J connectivity index is 1.89. The molecule has 1 amide bonds. The smallest absolute Gasteiger partial charge is 0.262 e. The second kappa shape index (κ2) is 9.83. The summed E-state index contributed by atoms with van der Waals surface area (Å²) in [6.45, 7) is 0.686. The Hall–Kier alpha value is -1.52. The third-order valence-corrected chi connectivity index (χ3v) is 4.26. The van der Waals surface area contributed by atoms with Gasteiger partial charge < -0.3 is 5.32 Å². The van der Waals surface area contributed by atoms with Gasteiger partial charge in [0, 0.05) is 12.5 Å². The van der Waals surface area contributed by atoms with E-state index in [-0.39, 0.29) is 5.91 Å². The van der Waals surface area contributed by atoms with E-state index >= 15 is 0 Å². The predicted octanol–water partition coefficient (Wildman–Crippen LogP) is 3.32. The third kappa shape index (κ3) is 7.49. The van der Waals surface area contributed by atoms with Gasteiger partial charge in [0.05, 0.1) is 6.54 Å². The van der Waals surface area contributed by atoms with E-state index in [0.717, 1.165) is 12.0 Å². The van der Waals surface area contributed by atoms with Gasteiger partial charge in [-0.3, -0.25) is 10.1 Å². The minimum absolute atomic E-state index is 0.309. The Morgan fingerprint density at radius 3 is 2.24 bits per heavy atom. The Labute approximate surface area is 163 Å². The molecule has 0 aliphatic rings. The molecule has 25 heavy (non-hydrogen) atoms. The van der Waals surface area contributed by atoms with Gasteiger partial charge in [-0.25, -0.2) is 0 Å². The number of nitrogens with one attached hydrogen (secondary N) is 1. The zero-order chi connectivity index (χ0) is 18.1. The summed E-state index contributed by atoms with van der Waals surface area (Å²) in [6.07, 6.45) is 3.29. The highest BCUT2D eigenvalue weighted by Crippen LogP contribution is 2.27. The molecule has 0 bridgehead atoms. The number of hydrogen-bond donors (Lipinski definition) is 2. The predicted molar refractivity (Wildman–Crippen MR) is 105 cm³/mol. The molecule has 0 heterocycles. The number of nitrogens with two attached hydrogens (primary N) is 1. The molecule has 0 aromatic heterocycles. The fourth-order valence-electron chi connectivity index (χ4n) is 2.27. The van der Waals surface area contributed by atoms with Crippen LogP contribution in [0.25, 0.3) is 6.08 Å². The summed E-state index contributed by atoms with van der Waals surface area (Å²) in [7, 11) is 0. The number of quaternary nitrogens is 1. The number of carbonyl (C=O) groups is 1. The van der Waals surface area contributed by atoms with Crippen LogP contribution in [0.2, 0.25) is 0 Å². The lowest BCUT2D eigenvalue weighted by Crippen LogP contribution is -2.96. The monoisotopic (exact) mass is 397 g/mol. The van der Waals surface area contributed by atoms with Crippen molar-refractivity contribution < 1.29 is 10.1 Å². The molecular weight excluding hydrogens is 379 g/mol. The highest BCUT2D eigenvalue weighted by Gasteiger charge is 2.36. The second-order valence-electron chi connectivity index (χ2n) is 5.53. The van der Waals surface area contributed by atoms with Crippen LogP contribution in [0.1, 0.15) is 11.1 Å². The Kier molecular flexibility index (Phi) is 7.79. The molecule has 2 rings (SSSR count). The maximum atomic E-state index is 12.1. The summed E-state index contributed by atoms with van der Waals surface area (Å²) in [5.41, 5.74) is 2.12. The van der Waals surface area contributed by atoms with Crippen LogP contribution in [0.5, 0.6) is 0 Å². The van der Waals surface area contributed by atoms with Crippen molar-refractivity contribution in [3.8, 4) is 0 Å². The molecule has 0 aliphatic carbocycles. The lowest BCUT2D eigenvalue weighted by atomic mass is 10.1. The first kappa shape index (κ1) is 19.8. The van der Waals surface area contributed by atoms with Gasteiger partial charge in [-0.1, -0.05) is 95.5 Å². The van der Waals surface area contributed by atoms with E-state index in [1.807, 2.05) is 66.0 Å². The zero-order valence-electron chi connectivity index (χ0n) is 13.5. The van der Waals surface area contributed by atoms with E-state index in [1.165, 1.54) is 11.6 Å². The van der Waals surface area contributed by atoms with E-state index in [0.29, 0.717) is 6.54 Å². The average Bonchev–Trinajstić information content (AvgIpc) is 2.60. The molecular formula is C19H20Cl3N2O+. The Bertz CT molecular complexity index is 685. The lowest BCUT2D eigenvalue weighted by Gasteiger charge is -2.22. The van der Waals surface area contributed by atoms with Crippen molar-refractivity contribution >= 4 is 46.8 Å². The molecule has 0 radical (unpaired) electrons. The molecule has 0 saturated carbocycles. The quantitative estimate of drug-likeness (QED) is 0.419. The number of amides is 1. The number of rotatable bonds is 7. The number of benzene rings is 2. The largest absolute Gasteiger partial charge is 0.323 e. The minimum Gasteiger partial charge on any atom is -0.323 e. The van der Waals surface area contributed by atoms with E-state index in [1.54, 1.807) is 6.08 Å². The van der Waals surface area contributed by atoms with Gasteiger partial charge in [0.2, 0.25) is 12.1 Å². The van der Waals surface area contributed by atoms with Crippen molar-refractivity contribution in [1.82, 2.24) is 5.32 Å². The van der Waals surface area contributed by atoms with Crippen molar-refractivity contribution in [3.05, 3.63) is 77.9 Å². The Morgan fingerprint density at radius 2 is 1.64 bits per heavy atom. The van der Waals surface area contributed by atoms with Gasteiger partial charge in [-0.05, 0) is 17.2 Å². The van der Waals surface area contributed by atoms with E-state index in [9.17, 15) is 4.79 Å². The van der Waals surface area contributed by atoms with Gasteiger partial charge in [-0.2, -0.15) is 0 Å². The van der Waals surface area contributed by atoms with E-state index in [2.05, 4.69) is 5.32 Å². The highest BCUT2D eigenvalue weighted by atomic mass is 35.6. The van der Waals surface area contributed by atoms with Crippen LogP contribution < -0.4 is 10.6 Å². The third-order valence-electron chi connectivity index (χ3n) is 3.56. The maximum absolute atomic E-state index is 12.1.